The number of rotatable bonds is 1. The van der Waals surface area contributed by atoms with Gasteiger partial charge in [-0.25, -0.2) is 4.39 Å². The molecule has 0 aliphatic rings. The van der Waals surface area contributed by atoms with E-state index in [9.17, 15) is 0 Å². The number of benzene rings is 4. The molecule has 4 rings (SSSR count). The molecule has 0 fully saturated rings. The molecule has 0 heterocycles. The minimum absolute atomic E-state index is 0.165. The minimum atomic E-state index is -0.165. The molecule has 0 N–H and O–H groups in total. The van der Waals surface area contributed by atoms with Gasteiger partial charge in [0.05, 0.1) is 0 Å². The van der Waals surface area contributed by atoms with E-state index in [2.05, 4.69) is 41.1 Å². The standard InChI is InChI=1S/C21H14BrF/c1-13-15-7-3-2-6-14(15)10-11-16(13)19-12-20(22)17-8-4-5-9-18(17)21(19)23/h2-12H,1H3. The number of halogens is 2. The molecule has 0 spiro atoms. The van der Waals surface area contributed by atoms with E-state index in [0.717, 1.165) is 26.4 Å². The van der Waals surface area contributed by atoms with E-state index in [0.29, 0.717) is 10.9 Å². The Bertz CT molecular complexity index is 1050. The molecule has 0 bridgehead atoms. The molecule has 0 amide bonds. The highest BCUT2D eigenvalue weighted by molar-refractivity contribution is 9.10. The number of fused-ring (bicyclic) bond motifs is 2. The highest BCUT2D eigenvalue weighted by Crippen LogP contribution is 2.37. The Kier molecular flexibility index (Phi) is 3.42. The van der Waals surface area contributed by atoms with E-state index in [4.69, 9.17) is 0 Å². The highest BCUT2D eigenvalue weighted by atomic mass is 79.9. The molecule has 112 valence electrons. The fraction of sp³-hybridized carbons (Fsp3) is 0.0476. The molecule has 4 aromatic carbocycles. The van der Waals surface area contributed by atoms with Crippen LogP contribution in [-0.2, 0) is 0 Å². The third-order valence-corrected chi connectivity index (χ3v) is 5.07. The van der Waals surface area contributed by atoms with Crippen LogP contribution in [-0.4, -0.2) is 0 Å². The van der Waals surface area contributed by atoms with Crippen LogP contribution >= 0.6 is 15.9 Å². The predicted octanol–water partition coefficient (Wildman–Crippen LogP) is 6.87. The van der Waals surface area contributed by atoms with Crippen molar-refractivity contribution in [2.24, 2.45) is 0 Å². The van der Waals surface area contributed by atoms with E-state index < -0.39 is 0 Å². The number of hydrogen-bond donors (Lipinski definition) is 0. The fourth-order valence-electron chi connectivity index (χ4n) is 3.21. The zero-order valence-electron chi connectivity index (χ0n) is 12.6. The highest BCUT2D eigenvalue weighted by Gasteiger charge is 2.14. The predicted molar refractivity (Wildman–Crippen MR) is 99.3 cm³/mol. The van der Waals surface area contributed by atoms with Crippen LogP contribution in [0, 0.1) is 12.7 Å². The van der Waals surface area contributed by atoms with Crippen LogP contribution in [0.25, 0.3) is 32.7 Å². The van der Waals surface area contributed by atoms with Crippen LogP contribution in [0.4, 0.5) is 4.39 Å². The van der Waals surface area contributed by atoms with Crippen molar-refractivity contribution in [3.8, 4) is 11.1 Å². The maximum Gasteiger partial charge on any atom is 0.138 e. The molecule has 0 saturated carbocycles. The van der Waals surface area contributed by atoms with Gasteiger partial charge in [-0.05, 0) is 40.3 Å². The molecule has 0 radical (unpaired) electrons. The Labute approximate surface area is 142 Å². The second-order valence-electron chi connectivity index (χ2n) is 5.72. The zero-order valence-corrected chi connectivity index (χ0v) is 14.2. The molecule has 23 heavy (non-hydrogen) atoms. The summed E-state index contributed by atoms with van der Waals surface area (Å²) in [5.74, 6) is -0.165. The third kappa shape index (κ3) is 2.25. The Morgan fingerprint density at radius 3 is 2.17 bits per heavy atom. The second kappa shape index (κ2) is 5.47. The van der Waals surface area contributed by atoms with E-state index in [1.165, 1.54) is 5.39 Å². The monoisotopic (exact) mass is 364 g/mol. The maximum absolute atomic E-state index is 15.1. The van der Waals surface area contributed by atoms with Gasteiger partial charge >= 0.3 is 0 Å². The summed E-state index contributed by atoms with van der Waals surface area (Å²) >= 11 is 3.59. The Hall–Kier alpha value is -2.19. The molecule has 0 aliphatic carbocycles. The van der Waals surface area contributed by atoms with Crippen molar-refractivity contribution in [2.75, 3.05) is 0 Å². The summed E-state index contributed by atoms with van der Waals surface area (Å²) in [6.45, 7) is 2.06. The Morgan fingerprint density at radius 2 is 1.39 bits per heavy atom. The summed E-state index contributed by atoms with van der Waals surface area (Å²) in [6, 6.07) is 21.7. The smallest absolute Gasteiger partial charge is 0.138 e. The van der Waals surface area contributed by atoms with Crippen molar-refractivity contribution < 1.29 is 4.39 Å². The topological polar surface area (TPSA) is 0 Å². The summed E-state index contributed by atoms with van der Waals surface area (Å²) < 4.78 is 16.0. The summed E-state index contributed by atoms with van der Waals surface area (Å²) in [5, 5.41) is 3.87. The lowest BCUT2D eigenvalue weighted by molar-refractivity contribution is 0.643. The molecule has 4 aromatic rings. The van der Waals surface area contributed by atoms with Crippen LogP contribution < -0.4 is 0 Å². The average Bonchev–Trinajstić information content (AvgIpc) is 2.59. The minimum Gasteiger partial charge on any atom is -0.206 e. The summed E-state index contributed by atoms with van der Waals surface area (Å²) in [6.07, 6.45) is 0. The van der Waals surface area contributed by atoms with Crippen molar-refractivity contribution in [3.63, 3.8) is 0 Å². The van der Waals surface area contributed by atoms with Gasteiger partial charge in [-0.15, -0.1) is 0 Å². The van der Waals surface area contributed by atoms with E-state index >= 15 is 4.39 Å². The molecular weight excluding hydrogens is 351 g/mol. The van der Waals surface area contributed by atoms with E-state index in [1.54, 1.807) is 0 Å². The zero-order chi connectivity index (χ0) is 16.0. The first-order valence-electron chi connectivity index (χ1n) is 7.52. The van der Waals surface area contributed by atoms with Gasteiger partial charge < -0.3 is 0 Å². The lowest BCUT2D eigenvalue weighted by Gasteiger charge is -2.13. The van der Waals surface area contributed by atoms with Crippen molar-refractivity contribution in [1.29, 1.82) is 0 Å². The van der Waals surface area contributed by atoms with Crippen molar-refractivity contribution >= 4 is 37.5 Å². The average molecular weight is 365 g/mol. The van der Waals surface area contributed by atoms with Gasteiger partial charge in [0.2, 0.25) is 0 Å². The van der Waals surface area contributed by atoms with Gasteiger partial charge in [-0.2, -0.15) is 0 Å². The molecule has 0 saturated heterocycles. The van der Waals surface area contributed by atoms with Crippen LogP contribution in [0.15, 0.2) is 71.2 Å². The normalized spacial score (nSPS) is 11.3. The van der Waals surface area contributed by atoms with Crippen LogP contribution in [0.1, 0.15) is 5.56 Å². The third-order valence-electron chi connectivity index (χ3n) is 4.42. The first-order chi connectivity index (χ1) is 11.2. The number of aryl methyl sites for hydroxylation is 1. The van der Waals surface area contributed by atoms with Gasteiger partial charge in [0.25, 0.3) is 0 Å². The fourth-order valence-corrected chi connectivity index (χ4v) is 3.79. The quantitative estimate of drug-likeness (QED) is 0.345. The number of hydrogen-bond acceptors (Lipinski definition) is 0. The Balaban J connectivity index is 2.07. The molecule has 0 unspecified atom stereocenters. The second-order valence-corrected chi connectivity index (χ2v) is 6.58. The van der Waals surface area contributed by atoms with E-state index in [1.807, 2.05) is 48.5 Å². The van der Waals surface area contributed by atoms with Crippen LogP contribution in [0.2, 0.25) is 0 Å². The van der Waals surface area contributed by atoms with Gasteiger partial charge in [0.1, 0.15) is 5.82 Å². The lowest BCUT2D eigenvalue weighted by Crippen LogP contribution is -1.92. The molecule has 0 atom stereocenters. The summed E-state index contributed by atoms with van der Waals surface area (Å²) in [4.78, 5) is 0. The van der Waals surface area contributed by atoms with Crippen molar-refractivity contribution in [2.45, 2.75) is 6.92 Å². The molecule has 0 aliphatic heterocycles. The van der Waals surface area contributed by atoms with Gasteiger partial charge in [-0.3, -0.25) is 0 Å². The van der Waals surface area contributed by atoms with Gasteiger partial charge in [-0.1, -0.05) is 76.6 Å². The molecule has 0 nitrogen and oxygen atoms in total. The van der Waals surface area contributed by atoms with Crippen molar-refractivity contribution in [3.05, 3.63) is 82.6 Å². The van der Waals surface area contributed by atoms with E-state index in [-0.39, 0.29) is 5.82 Å². The summed E-state index contributed by atoms with van der Waals surface area (Å²) in [7, 11) is 0. The largest absolute Gasteiger partial charge is 0.206 e. The Morgan fingerprint density at radius 1 is 0.739 bits per heavy atom. The molecular formula is C21H14BrF. The van der Waals surface area contributed by atoms with Crippen LogP contribution in [0.5, 0.6) is 0 Å². The molecule has 2 heteroatoms. The SMILES string of the molecule is Cc1c(-c2cc(Br)c3ccccc3c2F)ccc2ccccc12. The van der Waals surface area contributed by atoms with Gasteiger partial charge in [0.15, 0.2) is 0 Å². The van der Waals surface area contributed by atoms with Crippen molar-refractivity contribution in [1.82, 2.24) is 0 Å². The first kappa shape index (κ1) is 14.4. The first-order valence-corrected chi connectivity index (χ1v) is 8.31. The van der Waals surface area contributed by atoms with Crippen LogP contribution in [0.3, 0.4) is 0 Å². The van der Waals surface area contributed by atoms with Gasteiger partial charge in [0, 0.05) is 15.4 Å². The summed E-state index contributed by atoms with van der Waals surface area (Å²) in [5.41, 5.74) is 2.68. The molecule has 0 aromatic heterocycles. The maximum atomic E-state index is 15.1. The lowest BCUT2D eigenvalue weighted by atomic mass is 9.93.